The van der Waals surface area contributed by atoms with Gasteiger partial charge in [0.1, 0.15) is 0 Å². The molecule has 0 aromatic rings. The van der Waals surface area contributed by atoms with E-state index in [9.17, 15) is 26.3 Å². The Labute approximate surface area is 73.4 Å². The lowest BCUT2D eigenvalue weighted by Gasteiger charge is -2.27. The van der Waals surface area contributed by atoms with Gasteiger partial charge in [-0.1, -0.05) is 11.6 Å². The number of rotatable bonds is 2. The summed E-state index contributed by atoms with van der Waals surface area (Å²) < 4.78 is 70.4. The molecule has 0 saturated carbocycles. The molecule has 0 nitrogen and oxygen atoms in total. The summed E-state index contributed by atoms with van der Waals surface area (Å²) in [7, 11) is 0. The molecule has 74 valence electrons. The Morgan fingerprint density at radius 2 is 1.25 bits per heavy atom. The van der Waals surface area contributed by atoms with Crippen LogP contribution in [0.2, 0.25) is 0 Å². The molecular weight excluding hydrogens is 233 g/mol. The fraction of sp³-hybridized carbons (Fsp3) is 1.00. The van der Waals surface area contributed by atoms with Crippen molar-refractivity contribution in [3.8, 4) is 0 Å². The summed E-state index contributed by atoms with van der Waals surface area (Å²) in [6.07, 6.45) is -6.04. The molecule has 0 radical (unpaired) electrons. The fourth-order valence-corrected chi connectivity index (χ4v) is 0.566. The van der Waals surface area contributed by atoms with Gasteiger partial charge in [0.25, 0.3) is 5.13 Å². The Bertz CT molecular complexity index is 161. The van der Waals surface area contributed by atoms with Crippen molar-refractivity contribution in [1.29, 1.82) is 0 Å². The summed E-state index contributed by atoms with van der Waals surface area (Å²) >= 11 is 8.73. The molecule has 0 spiro atoms. The van der Waals surface area contributed by atoms with Gasteiger partial charge in [-0.25, -0.2) is 4.39 Å². The highest BCUT2D eigenvalue weighted by Gasteiger charge is 2.70. The normalized spacial score (nSPS) is 19.0. The summed E-state index contributed by atoms with van der Waals surface area (Å²) in [5.74, 6) is -7.30. The van der Waals surface area contributed by atoms with Crippen molar-refractivity contribution in [2.75, 3.05) is 5.88 Å². The first-order chi connectivity index (χ1) is 5.06. The Morgan fingerprint density at radius 1 is 0.917 bits per heavy atom. The van der Waals surface area contributed by atoms with E-state index < -0.39 is 23.1 Å². The predicted molar refractivity (Wildman–Crippen MR) is 31.4 cm³/mol. The summed E-state index contributed by atoms with van der Waals surface area (Å²) in [6.45, 7) is 0. The maximum absolute atomic E-state index is 12.3. The monoisotopic (exact) mass is 234 g/mol. The Morgan fingerprint density at radius 3 is 1.33 bits per heavy atom. The van der Waals surface area contributed by atoms with Crippen LogP contribution in [-0.2, 0) is 0 Å². The van der Waals surface area contributed by atoms with Gasteiger partial charge >= 0.3 is 12.1 Å². The highest BCUT2D eigenvalue weighted by atomic mass is 35.5. The van der Waals surface area contributed by atoms with E-state index in [1.165, 1.54) is 0 Å². The van der Waals surface area contributed by atoms with Crippen LogP contribution in [0.5, 0.6) is 0 Å². The van der Waals surface area contributed by atoms with Crippen molar-refractivity contribution in [3.63, 3.8) is 0 Å². The maximum Gasteiger partial charge on any atom is 0.458 e. The summed E-state index contributed by atoms with van der Waals surface area (Å²) in [4.78, 5) is 0. The van der Waals surface area contributed by atoms with Crippen molar-refractivity contribution in [3.05, 3.63) is 0 Å². The molecule has 0 N–H and O–H groups in total. The van der Waals surface area contributed by atoms with Crippen LogP contribution in [0.3, 0.4) is 0 Å². The van der Waals surface area contributed by atoms with Crippen molar-refractivity contribution >= 4 is 23.2 Å². The molecule has 0 aliphatic carbocycles. The lowest BCUT2D eigenvalue weighted by atomic mass is 10.2. The standard InChI is InChI=1S/C4H2Cl2F6/c5-1-2(6,7)3(8,9)4(10,11)12/h1H2. The second-order valence-corrected chi connectivity index (χ2v) is 2.78. The third-order valence-electron chi connectivity index (χ3n) is 0.983. The van der Waals surface area contributed by atoms with E-state index in [0.29, 0.717) is 0 Å². The number of hydrogen-bond donors (Lipinski definition) is 0. The molecular formula is C4H2Cl2F6. The minimum absolute atomic E-state index is 1.65. The molecule has 0 aliphatic rings. The quantitative estimate of drug-likeness (QED) is 0.508. The zero-order valence-electron chi connectivity index (χ0n) is 5.23. The van der Waals surface area contributed by atoms with Crippen LogP contribution >= 0.6 is 23.2 Å². The molecule has 0 aliphatic heterocycles. The van der Waals surface area contributed by atoms with Gasteiger partial charge in [0.2, 0.25) is 0 Å². The topological polar surface area (TPSA) is 0 Å². The fourth-order valence-electron chi connectivity index (χ4n) is 0.291. The smallest absolute Gasteiger partial charge is 0.218 e. The van der Waals surface area contributed by atoms with Gasteiger partial charge in [-0.15, -0.1) is 11.6 Å². The molecule has 1 unspecified atom stereocenters. The average Bonchev–Trinajstić information content (AvgIpc) is 1.85. The molecule has 0 aromatic heterocycles. The van der Waals surface area contributed by atoms with Gasteiger partial charge in [0.15, 0.2) is 0 Å². The number of hydrogen-bond acceptors (Lipinski definition) is 0. The molecule has 0 rings (SSSR count). The van der Waals surface area contributed by atoms with E-state index in [1.807, 2.05) is 0 Å². The first-order valence-corrected chi connectivity index (χ1v) is 3.36. The van der Waals surface area contributed by atoms with E-state index in [1.54, 1.807) is 0 Å². The second kappa shape index (κ2) is 3.14. The first-order valence-electron chi connectivity index (χ1n) is 2.44. The molecule has 12 heavy (non-hydrogen) atoms. The molecule has 0 aromatic carbocycles. The molecule has 0 saturated heterocycles. The Hall–Kier alpha value is 0.160. The average molecular weight is 235 g/mol. The molecule has 0 amide bonds. The first kappa shape index (κ1) is 12.2. The minimum Gasteiger partial charge on any atom is -0.218 e. The zero-order chi connectivity index (χ0) is 10.2. The largest absolute Gasteiger partial charge is 0.458 e. The van der Waals surface area contributed by atoms with Crippen LogP contribution in [0.15, 0.2) is 0 Å². The predicted octanol–water partition coefficient (Wildman–Crippen LogP) is 3.33. The van der Waals surface area contributed by atoms with Crippen molar-refractivity contribution < 1.29 is 26.3 Å². The van der Waals surface area contributed by atoms with Gasteiger partial charge in [0.05, 0.1) is 5.88 Å². The molecule has 8 heteroatoms. The maximum atomic E-state index is 12.3. The van der Waals surface area contributed by atoms with Crippen LogP contribution in [0.25, 0.3) is 0 Å². The van der Waals surface area contributed by atoms with E-state index in [0.717, 1.165) is 0 Å². The van der Waals surface area contributed by atoms with E-state index in [2.05, 4.69) is 23.2 Å². The lowest BCUT2D eigenvalue weighted by molar-refractivity contribution is -0.308. The molecule has 1 atom stereocenters. The van der Waals surface area contributed by atoms with Gasteiger partial charge in [0, 0.05) is 0 Å². The van der Waals surface area contributed by atoms with Crippen molar-refractivity contribution in [2.45, 2.75) is 17.2 Å². The van der Waals surface area contributed by atoms with Gasteiger partial charge in [-0.05, 0) is 0 Å². The van der Waals surface area contributed by atoms with Crippen LogP contribution in [0.4, 0.5) is 26.3 Å². The van der Waals surface area contributed by atoms with E-state index in [-0.39, 0.29) is 0 Å². The van der Waals surface area contributed by atoms with E-state index >= 15 is 0 Å². The number of alkyl halides is 8. The SMILES string of the molecule is FC(F)(F)C(F)(F)C(F)(Cl)CCl. The zero-order valence-corrected chi connectivity index (χ0v) is 6.74. The van der Waals surface area contributed by atoms with Gasteiger partial charge < -0.3 is 0 Å². The molecule has 0 heterocycles. The molecule has 0 bridgehead atoms. The Balaban J connectivity index is 4.85. The molecule has 0 fully saturated rings. The Kier molecular flexibility index (Phi) is 3.18. The second-order valence-electron chi connectivity index (χ2n) is 1.91. The van der Waals surface area contributed by atoms with Crippen LogP contribution in [0.1, 0.15) is 0 Å². The number of halogens is 8. The van der Waals surface area contributed by atoms with E-state index in [4.69, 9.17) is 0 Å². The van der Waals surface area contributed by atoms with Crippen LogP contribution in [0, 0.1) is 0 Å². The van der Waals surface area contributed by atoms with Crippen LogP contribution in [-0.4, -0.2) is 23.1 Å². The third-order valence-corrected chi connectivity index (χ3v) is 1.86. The van der Waals surface area contributed by atoms with Crippen molar-refractivity contribution in [2.24, 2.45) is 0 Å². The lowest BCUT2D eigenvalue weighted by Crippen LogP contribution is -2.52. The highest BCUT2D eigenvalue weighted by molar-refractivity contribution is 6.30. The summed E-state index contributed by atoms with van der Waals surface area (Å²) in [5, 5.41) is -4.30. The summed E-state index contributed by atoms with van der Waals surface area (Å²) in [5.41, 5.74) is 0. The highest BCUT2D eigenvalue weighted by Crippen LogP contribution is 2.48. The van der Waals surface area contributed by atoms with Gasteiger partial charge in [-0.2, -0.15) is 22.0 Å². The minimum atomic E-state index is -6.04. The van der Waals surface area contributed by atoms with Gasteiger partial charge in [-0.3, -0.25) is 0 Å². The third kappa shape index (κ3) is 1.90. The summed E-state index contributed by atoms with van der Waals surface area (Å²) in [6, 6.07) is 0. The van der Waals surface area contributed by atoms with Crippen molar-refractivity contribution in [1.82, 2.24) is 0 Å². The van der Waals surface area contributed by atoms with Crippen LogP contribution < -0.4 is 0 Å².